The number of halogens is 3. The molecule has 0 spiro atoms. The Bertz CT molecular complexity index is 1280. The number of fused-ring (bicyclic) bond motifs is 1. The van der Waals surface area contributed by atoms with Gasteiger partial charge in [-0.15, -0.1) is 13.2 Å². The monoisotopic (exact) mass is 561 g/mol. The standard InChI is InChI=1S/C27H30F3N5O5/c28-27(29,30)40-21-6-4-19(5-7-21)2-1-3-20-10-13-33(14-11-20)24-9-8-22(16-31-24)38-18-23-12-15-34-17-25(35(36)37)32-26(34)39-23/h4-9,16-17,20,23H,1-3,10-15,18H2/t23-/m1/s1. The summed E-state index contributed by atoms with van der Waals surface area (Å²) in [5.74, 6) is 1.71. The summed E-state index contributed by atoms with van der Waals surface area (Å²) < 4.78 is 54.0. The van der Waals surface area contributed by atoms with Crippen LogP contribution in [0, 0.1) is 16.0 Å². The number of aromatic nitrogens is 3. The fourth-order valence-electron chi connectivity index (χ4n) is 5.07. The predicted molar refractivity (Wildman–Crippen MR) is 139 cm³/mol. The van der Waals surface area contributed by atoms with Crippen molar-refractivity contribution in [3.63, 3.8) is 0 Å². The van der Waals surface area contributed by atoms with Crippen molar-refractivity contribution in [2.75, 3.05) is 24.6 Å². The summed E-state index contributed by atoms with van der Waals surface area (Å²) in [4.78, 5) is 21.1. The van der Waals surface area contributed by atoms with E-state index in [1.54, 1.807) is 22.9 Å². The second-order valence-electron chi connectivity index (χ2n) is 10.0. The molecule has 1 saturated heterocycles. The first kappa shape index (κ1) is 27.5. The normalized spacial score (nSPS) is 17.7. The molecule has 2 aromatic heterocycles. The van der Waals surface area contributed by atoms with Crippen LogP contribution in [0.2, 0.25) is 0 Å². The number of hydrogen-bond acceptors (Lipinski definition) is 8. The van der Waals surface area contributed by atoms with E-state index in [-0.39, 0.29) is 23.7 Å². The van der Waals surface area contributed by atoms with Crippen molar-refractivity contribution < 1.29 is 32.3 Å². The molecule has 214 valence electrons. The van der Waals surface area contributed by atoms with Crippen LogP contribution < -0.4 is 19.1 Å². The van der Waals surface area contributed by atoms with Crippen LogP contribution in [0.4, 0.5) is 24.8 Å². The highest BCUT2D eigenvalue weighted by molar-refractivity contribution is 5.41. The molecule has 3 aromatic rings. The summed E-state index contributed by atoms with van der Waals surface area (Å²) in [5, 5.41) is 10.9. The van der Waals surface area contributed by atoms with Crippen molar-refractivity contribution in [2.24, 2.45) is 5.92 Å². The van der Waals surface area contributed by atoms with Gasteiger partial charge in [-0.3, -0.25) is 4.57 Å². The molecule has 4 heterocycles. The van der Waals surface area contributed by atoms with Gasteiger partial charge in [0.1, 0.15) is 36.2 Å². The van der Waals surface area contributed by atoms with E-state index in [0.29, 0.717) is 31.2 Å². The molecule has 5 rings (SSSR count). The molecule has 0 bridgehead atoms. The Hall–Kier alpha value is -4.03. The minimum atomic E-state index is -4.67. The number of hydrogen-bond donors (Lipinski definition) is 0. The van der Waals surface area contributed by atoms with Crippen LogP contribution in [0.25, 0.3) is 0 Å². The summed E-state index contributed by atoms with van der Waals surface area (Å²) in [5.41, 5.74) is 1.00. The van der Waals surface area contributed by atoms with Gasteiger partial charge in [0.25, 0.3) is 0 Å². The van der Waals surface area contributed by atoms with E-state index >= 15 is 0 Å². The van der Waals surface area contributed by atoms with Crippen LogP contribution >= 0.6 is 0 Å². The van der Waals surface area contributed by atoms with E-state index in [4.69, 9.17) is 9.47 Å². The van der Waals surface area contributed by atoms with Crippen LogP contribution in [0.1, 0.15) is 37.7 Å². The second-order valence-corrected chi connectivity index (χ2v) is 10.0. The highest BCUT2D eigenvalue weighted by atomic mass is 19.4. The molecule has 0 unspecified atom stereocenters. The lowest BCUT2D eigenvalue weighted by molar-refractivity contribution is -0.389. The van der Waals surface area contributed by atoms with E-state index in [2.05, 4.69) is 19.6 Å². The molecular weight excluding hydrogens is 531 g/mol. The molecule has 1 fully saturated rings. The van der Waals surface area contributed by atoms with Crippen LogP contribution in [-0.2, 0) is 13.0 Å². The quantitative estimate of drug-likeness (QED) is 0.234. The first-order valence-electron chi connectivity index (χ1n) is 13.3. The lowest BCUT2D eigenvalue weighted by atomic mass is 9.91. The van der Waals surface area contributed by atoms with Crippen LogP contribution in [0.5, 0.6) is 17.5 Å². The minimum absolute atomic E-state index is 0.196. The topological polar surface area (TPSA) is 105 Å². The number of anilines is 1. The number of rotatable bonds is 10. The van der Waals surface area contributed by atoms with Crippen LogP contribution in [0.15, 0.2) is 48.8 Å². The average molecular weight is 562 g/mol. The highest BCUT2D eigenvalue weighted by Gasteiger charge is 2.31. The molecule has 0 radical (unpaired) electrons. The van der Waals surface area contributed by atoms with Gasteiger partial charge in [-0.1, -0.05) is 12.1 Å². The van der Waals surface area contributed by atoms with Gasteiger partial charge in [-0.05, 0) is 72.8 Å². The summed E-state index contributed by atoms with van der Waals surface area (Å²) in [6, 6.07) is 10.2. The summed E-state index contributed by atoms with van der Waals surface area (Å²) >= 11 is 0. The maximum absolute atomic E-state index is 12.3. The molecule has 40 heavy (non-hydrogen) atoms. The Kier molecular flexibility index (Phi) is 8.27. The molecule has 2 aliphatic rings. The van der Waals surface area contributed by atoms with Gasteiger partial charge in [0.15, 0.2) is 0 Å². The zero-order chi connectivity index (χ0) is 28.1. The van der Waals surface area contributed by atoms with E-state index in [1.165, 1.54) is 18.3 Å². The fraction of sp³-hybridized carbons (Fsp3) is 0.481. The van der Waals surface area contributed by atoms with Crippen molar-refractivity contribution >= 4 is 11.6 Å². The fourth-order valence-corrected chi connectivity index (χ4v) is 5.07. The van der Waals surface area contributed by atoms with Gasteiger partial charge < -0.3 is 29.2 Å². The number of pyridine rings is 1. The van der Waals surface area contributed by atoms with Gasteiger partial charge in [-0.25, -0.2) is 4.98 Å². The molecule has 2 aliphatic heterocycles. The highest BCUT2D eigenvalue weighted by Crippen LogP contribution is 2.28. The number of aryl methyl sites for hydroxylation is 2. The first-order valence-corrected chi connectivity index (χ1v) is 13.3. The number of ether oxygens (including phenoxy) is 3. The van der Waals surface area contributed by atoms with Crippen molar-refractivity contribution in [3.8, 4) is 17.5 Å². The van der Waals surface area contributed by atoms with Gasteiger partial charge >= 0.3 is 18.2 Å². The third kappa shape index (κ3) is 7.33. The zero-order valence-electron chi connectivity index (χ0n) is 21.8. The summed E-state index contributed by atoms with van der Waals surface area (Å²) in [6.07, 6.45) is 3.81. The molecular formula is C27H30F3N5O5. The molecule has 0 saturated carbocycles. The summed E-state index contributed by atoms with van der Waals surface area (Å²) in [6.45, 7) is 2.69. The third-order valence-corrected chi connectivity index (χ3v) is 7.21. The van der Waals surface area contributed by atoms with Crippen molar-refractivity contribution in [2.45, 2.75) is 57.5 Å². The Morgan fingerprint density at radius 1 is 1.05 bits per heavy atom. The Labute approximate surface area is 228 Å². The van der Waals surface area contributed by atoms with E-state index in [1.807, 2.05) is 12.1 Å². The molecule has 0 amide bonds. The lowest BCUT2D eigenvalue weighted by Crippen LogP contribution is -2.34. The van der Waals surface area contributed by atoms with Crippen molar-refractivity contribution in [1.29, 1.82) is 0 Å². The minimum Gasteiger partial charge on any atom is -0.488 e. The molecule has 0 aliphatic carbocycles. The first-order chi connectivity index (χ1) is 19.2. The van der Waals surface area contributed by atoms with Crippen molar-refractivity contribution in [3.05, 3.63) is 64.5 Å². The van der Waals surface area contributed by atoms with Crippen LogP contribution in [0.3, 0.4) is 0 Å². The number of piperidine rings is 1. The lowest BCUT2D eigenvalue weighted by Gasteiger charge is -2.33. The van der Waals surface area contributed by atoms with Crippen molar-refractivity contribution in [1.82, 2.24) is 14.5 Å². The smallest absolute Gasteiger partial charge is 0.488 e. The van der Waals surface area contributed by atoms with Gasteiger partial charge in [0.2, 0.25) is 0 Å². The third-order valence-electron chi connectivity index (χ3n) is 7.21. The number of benzene rings is 1. The van der Waals surface area contributed by atoms with Crippen LogP contribution in [-0.4, -0.2) is 51.6 Å². The number of alkyl halides is 3. The Balaban J connectivity index is 1.01. The van der Waals surface area contributed by atoms with E-state index < -0.39 is 11.3 Å². The van der Waals surface area contributed by atoms with Gasteiger partial charge in [0, 0.05) is 31.0 Å². The molecule has 1 atom stereocenters. The zero-order valence-corrected chi connectivity index (χ0v) is 21.8. The molecule has 0 N–H and O–H groups in total. The maximum Gasteiger partial charge on any atom is 0.573 e. The number of nitrogens with zero attached hydrogens (tertiary/aromatic N) is 5. The molecule has 13 heteroatoms. The largest absolute Gasteiger partial charge is 0.573 e. The SMILES string of the molecule is O=[N+]([O-])c1cn2c(n1)O[C@@H](COc1ccc(N3CCC(CCCc4ccc(OC(F)(F)F)cc4)CC3)nc1)CC2. The van der Waals surface area contributed by atoms with E-state index in [9.17, 15) is 23.3 Å². The van der Waals surface area contributed by atoms with Gasteiger partial charge in [-0.2, -0.15) is 0 Å². The van der Waals surface area contributed by atoms with Gasteiger partial charge in [0.05, 0.1) is 6.20 Å². The molecule has 1 aromatic carbocycles. The number of nitro groups is 1. The Morgan fingerprint density at radius 3 is 2.48 bits per heavy atom. The second kappa shape index (κ2) is 12.0. The number of imidazole rings is 1. The maximum atomic E-state index is 12.3. The molecule has 10 nitrogen and oxygen atoms in total. The van der Waals surface area contributed by atoms with E-state index in [0.717, 1.165) is 56.6 Å². The predicted octanol–water partition coefficient (Wildman–Crippen LogP) is 5.55. The summed E-state index contributed by atoms with van der Waals surface area (Å²) in [7, 11) is 0. The Morgan fingerprint density at radius 2 is 1.80 bits per heavy atom. The average Bonchev–Trinajstić information content (AvgIpc) is 3.37.